The molecule has 0 spiro atoms. The summed E-state index contributed by atoms with van der Waals surface area (Å²) in [5, 5.41) is 22.0. The zero-order valence-corrected chi connectivity index (χ0v) is 21.7. The lowest BCUT2D eigenvalue weighted by molar-refractivity contribution is -0.152. The Labute approximate surface area is 228 Å². The second-order valence-electron chi connectivity index (χ2n) is 9.86. The zero-order chi connectivity index (χ0) is 28.8. The molecule has 10 nitrogen and oxygen atoms in total. The first-order valence-corrected chi connectivity index (χ1v) is 12.8. The van der Waals surface area contributed by atoms with E-state index in [1.165, 1.54) is 6.07 Å². The Bertz CT molecular complexity index is 1370. The summed E-state index contributed by atoms with van der Waals surface area (Å²) < 4.78 is 82.2. The lowest BCUT2D eigenvalue weighted by Gasteiger charge is -2.34. The van der Waals surface area contributed by atoms with Gasteiger partial charge in [0.05, 0.1) is 22.8 Å². The lowest BCUT2D eigenvalue weighted by atomic mass is 10.1. The molecular weight excluding hydrogens is 568 g/mol. The highest BCUT2D eigenvalue weighted by atomic mass is 35.5. The van der Waals surface area contributed by atoms with Crippen molar-refractivity contribution in [2.45, 2.75) is 56.5 Å². The third-order valence-electron chi connectivity index (χ3n) is 6.72. The van der Waals surface area contributed by atoms with E-state index in [1.807, 2.05) is 6.92 Å². The van der Waals surface area contributed by atoms with Crippen molar-refractivity contribution in [1.82, 2.24) is 35.7 Å². The Hall–Kier alpha value is -3.40. The van der Waals surface area contributed by atoms with Crippen molar-refractivity contribution in [1.29, 1.82) is 0 Å². The number of carbonyl (C=O) groups is 1. The first-order chi connectivity index (χ1) is 18.8. The molecule has 3 heterocycles. The number of nitrogens with one attached hydrogen (secondary N) is 3. The smallest absolute Gasteiger partial charge is 0.369 e. The molecule has 1 aromatic carbocycles. The highest BCUT2D eigenvalue weighted by molar-refractivity contribution is 6.32. The number of benzene rings is 1. The van der Waals surface area contributed by atoms with E-state index in [2.05, 4.69) is 41.3 Å². The highest BCUT2D eigenvalue weighted by Gasteiger charge is 2.46. The van der Waals surface area contributed by atoms with Gasteiger partial charge in [0, 0.05) is 42.8 Å². The molecule has 216 valence electrons. The molecule has 0 unspecified atom stereocenters. The number of hydrogen-bond donors (Lipinski definition) is 3. The van der Waals surface area contributed by atoms with Gasteiger partial charge in [0.1, 0.15) is 6.04 Å². The molecule has 5 rings (SSSR count). The normalized spacial score (nSPS) is 19.1. The van der Waals surface area contributed by atoms with Crippen molar-refractivity contribution in [3.8, 4) is 11.4 Å². The maximum absolute atomic E-state index is 13.7. The van der Waals surface area contributed by atoms with Crippen LogP contribution in [0, 0.1) is 0 Å². The number of piperazine rings is 1. The number of anilines is 2. The summed E-state index contributed by atoms with van der Waals surface area (Å²) in [6, 6.07) is 2.87. The molecule has 0 radical (unpaired) electrons. The van der Waals surface area contributed by atoms with Gasteiger partial charge in [0.2, 0.25) is 11.7 Å². The molecule has 2 aliphatic rings. The Morgan fingerprint density at radius 2 is 1.98 bits per heavy atom. The Morgan fingerprint density at radius 1 is 1.23 bits per heavy atom. The summed E-state index contributed by atoms with van der Waals surface area (Å²) in [6.45, 7) is 4.10. The fraction of sp³-hybridized carbons (Fsp3) is 0.522. The van der Waals surface area contributed by atoms with Gasteiger partial charge in [-0.25, -0.2) is 0 Å². The van der Waals surface area contributed by atoms with E-state index < -0.39 is 47.4 Å². The molecular formula is C23H24ClF6N9O. The van der Waals surface area contributed by atoms with E-state index in [4.69, 9.17) is 11.6 Å². The number of nitrogens with zero attached hydrogens (tertiary/aromatic N) is 6. The van der Waals surface area contributed by atoms with Gasteiger partial charge in [-0.3, -0.25) is 9.48 Å². The van der Waals surface area contributed by atoms with Crippen molar-refractivity contribution in [3.05, 3.63) is 34.6 Å². The van der Waals surface area contributed by atoms with Crippen LogP contribution in [-0.4, -0.2) is 68.2 Å². The predicted molar refractivity (Wildman–Crippen MR) is 132 cm³/mol. The number of amides is 1. The van der Waals surface area contributed by atoms with Crippen molar-refractivity contribution < 1.29 is 31.1 Å². The monoisotopic (exact) mass is 591 g/mol. The number of halogens is 7. The molecule has 1 amide bonds. The number of hydrogen-bond acceptors (Lipinski definition) is 7. The first kappa shape index (κ1) is 28.1. The maximum atomic E-state index is 13.7. The van der Waals surface area contributed by atoms with Gasteiger partial charge in [-0.15, -0.1) is 10.2 Å². The Kier molecular flexibility index (Phi) is 7.41. The molecule has 3 aromatic rings. The van der Waals surface area contributed by atoms with Crippen molar-refractivity contribution in [2.24, 2.45) is 0 Å². The molecule has 1 saturated carbocycles. The number of carbonyl (C=O) groups excluding carboxylic acids is 1. The number of H-pyrrole nitrogens is 1. The quantitative estimate of drug-likeness (QED) is 0.345. The van der Waals surface area contributed by atoms with Crippen LogP contribution in [0.4, 0.5) is 37.7 Å². The molecule has 1 saturated heterocycles. The number of aromatic nitrogens is 6. The molecule has 0 bridgehead atoms. The summed E-state index contributed by atoms with van der Waals surface area (Å²) in [5.41, 5.74) is -0.706. The standard InChI is InChI=1S/C23H24ClF6N9O/c1-11-10-38(7-6-31-11)13-4-5-15(14(8-13)20-33-36-37-34-20)32-21(40)16(9-22(25,26)27)39-18(12-2-3-12)17(24)19(35-39)23(28,29)30/h4-5,8,11-12,16,31H,2-3,6-7,9-10H2,1H3,(H,32,40)(H,33,34,36,37)/t11-,16-/m0/s1. The number of aromatic amines is 1. The topological polar surface area (TPSA) is 117 Å². The second-order valence-corrected chi connectivity index (χ2v) is 10.2. The van der Waals surface area contributed by atoms with Crippen molar-refractivity contribution >= 4 is 28.9 Å². The minimum Gasteiger partial charge on any atom is -0.369 e. The largest absolute Gasteiger partial charge is 0.436 e. The average Bonchev–Trinajstić information content (AvgIpc) is 3.41. The molecule has 2 fully saturated rings. The van der Waals surface area contributed by atoms with Gasteiger partial charge in [0.25, 0.3) is 0 Å². The van der Waals surface area contributed by atoms with E-state index in [0.29, 0.717) is 30.6 Å². The number of rotatable bonds is 7. The minimum absolute atomic E-state index is 0.0489. The van der Waals surface area contributed by atoms with E-state index in [1.54, 1.807) is 12.1 Å². The SMILES string of the molecule is C[C@H]1CN(c2ccc(NC(=O)[C@H](CC(F)(F)F)n3nc(C(F)(F)F)c(Cl)c3C3CC3)c(-c3nn[nH]n3)c2)CCN1. The molecule has 2 atom stereocenters. The molecule has 2 aromatic heterocycles. The summed E-state index contributed by atoms with van der Waals surface area (Å²) in [5.74, 6) is -1.69. The van der Waals surface area contributed by atoms with Crippen LogP contribution in [-0.2, 0) is 11.0 Å². The predicted octanol–water partition coefficient (Wildman–Crippen LogP) is 4.54. The van der Waals surface area contributed by atoms with Gasteiger partial charge >= 0.3 is 12.4 Å². The van der Waals surface area contributed by atoms with Crippen LogP contribution in [0.5, 0.6) is 0 Å². The van der Waals surface area contributed by atoms with E-state index in [0.717, 1.165) is 12.2 Å². The summed E-state index contributed by atoms with van der Waals surface area (Å²) in [7, 11) is 0. The van der Waals surface area contributed by atoms with Crippen LogP contribution < -0.4 is 15.5 Å². The third-order valence-corrected chi connectivity index (χ3v) is 7.10. The van der Waals surface area contributed by atoms with Crippen LogP contribution in [0.15, 0.2) is 18.2 Å². The third kappa shape index (κ3) is 6.01. The maximum Gasteiger partial charge on any atom is 0.436 e. The van der Waals surface area contributed by atoms with E-state index in [-0.39, 0.29) is 28.8 Å². The number of tetrazole rings is 1. The summed E-state index contributed by atoms with van der Waals surface area (Å²) >= 11 is 5.97. The van der Waals surface area contributed by atoms with Crippen LogP contribution in [0.25, 0.3) is 11.4 Å². The van der Waals surface area contributed by atoms with E-state index >= 15 is 0 Å². The van der Waals surface area contributed by atoms with Gasteiger partial charge < -0.3 is 15.5 Å². The summed E-state index contributed by atoms with van der Waals surface area (Å²) in [4.78, 5) is 15.5. The zero-order valence-electron chi connectivity index (χ0n) is 20.9. The average molecular weight is 592 g/mol. The van der Waals surface area contributed by atoms with Gasteiger partial charge in [-0.1, -0.05) is 11.6 Å². The lowest BCUT2D eigenvalue weighted by Crippen LogP contribution is -2.49. The highest BCUT2D eigenvalue weighted by Crippen LogP contribution is 2.48. The van der Waals surface area contributed by atoms with Crippen LogP contribution in [0.1, 0.15) is 49.5 Å². The Balaban J connectivity index is 1.53. The van der Waals surface area contributed by atoms with Crippen LogP contribution in [0.2, 0.25) is 5.02 Å². The Morgan fingerprint density at radius 3 is 2.58 bits per heavy atom. The van der Waals surface area contributed by atoms with Gasteiger partial charge in [-0.2, -0.15) is 36.7 Å². The van der Waals surface area contributed by atoms with Crippen LogP contribution in [0.3, 0.4) is 0 Å². The molecule has 17 heteroatoms. The fourth-order valence-corrected chi connectivity index (χ4v) is 5.15. The first-order valence-electron chi connectivity index (χ1n) is 12.4. The fourth-order valence-electron chi connectivity index (χ4n) is 4.76. The van der Waals surface area contributed by atoms with Crippen molar-refractivity contribution in [2.75, 3.05) is 29.9 Å². The minimum atomic E-state index is -5.02. The molecule has 3 N–H and O–H groups in total. The summed E-state index contributed by atoms with van der Waals surface area (Å²) in [6.07, 6.45) is -10.9. The van der Waals surface area contributed by atoms with E-state index in [9.17, 15) is 31.1 Å². The molecule has 40 heavy (non-hydrogen) atoms. The van der Waals surface area contributed by atoms with Gasteiger partial charge in [-0.05, 0) is 43.2 Å². The number of alkyl halides is 6. The van der Waals surface area contributed by atoms with Crippen LogP contribution >= 0.6 is 11.6 Å². The van der Waals surface area contributed by atoms with Gasteiger partial charge in [0.15, 0.2) is 5.69 Å². The molecule has 1 aliphatic carbocycles. The molecule has 1 aliphatic heterocycles. The second kappa shape index (κ2) is 10.5. The van der Waals surface area contributed by atoms with Crippen molar-refractivity contribution in [3.63, 3.8) is 0 Å².